The van der Waals surface area contributed by atoms with E-state index in [1.54, 1.807) is 0 Å². The van der Waals surface area contributed by atoms with Crippen LogP contribution in [0.2, 0.25) is 0 Å². The van der Waals surface area contributed by atoms with Crippen molar-refractivity contribution in [3.63, 3.8) is 0 Å². The summed E-state index contributed by atoms with van der Waals surface area (Å²) in [4.78, 5) is 15.4. The van der Waals surface area contributed by atoms with Gasteiger partial charge in [0.05, 0.1) is 19.3 Å². The third-order valence-corrected chi connectivity index (χ3v) is 8.07. The van der Waals surface area contributed by atoms with Crippen molar-refractivity contribution in [1.82, 2.24) is 10.2 Å². The summed E-state index contributed by atoms with van der Waals surface area (Å²) in [6, 6.07) is 10.5. The minimum Gasteiger partial charge on any atom is -0.493 e. The molecule has 1 amide bonds. The minimum atomic E-state index is -0.322. The highest BCUT2D eigenvalue weighted by Gasteiger charge is 2.41. The monoisotopic (exact) mass is 492 g/mol. The number of amides is 1. The van der Waals surface area contributed by atoms with Crippen molar-refractivity contribution in [3.05, 3.63) is 47.0 Å². The molecule has 1 unspecified atom stereocenters. The van der Waals surface area contributed by atoms with Crippen LogP contribution in [0.1, 0.15) is 62.8 Å². The summed E-state index contributed by atoms with van der Waals surface area (Å²) in [5, 5.41) is 3.20. The number of aryl methyl sites for hydroxylation is 2. The van der Waals surface area contributed by atoms with E-state index in [4.69, 9.17) is 14.2 Å². The average Bonchev–Trinajstić information content (AvgIpc) is 2.86. The number of piperidine rings is 3. The van der Waals surface area contributed by atoms with E-state index in [-0.39, 0.29) is 23.7 Å². The molecule has 4 aliphatic rings. The zero-order chi connectivity index (χ0) is 25.4. The molecule has 2 bridgehead atoms. The molecule has 194 valence electrons. The van der Waals surface area contributed by atoms with E-state index in [1.165, 1.54) is 0 Å². The van der Waals surface area contributed by atoms with Crippen LogP contribution in [-0.4, -0.2) is 49.9 Å². The van der Waals surface area contributed by atoms with Crippen molar-refractivity contribution < 1.29 is 19.0 Å². The lowest BCUT2D eigenvalue weighted by Gasteiger charge is -2.44. The summed E-state index contributed by atoms with van der Waals surface area (Å²) in [5.41, 5.74) is 5.24. The number of rotatable bonds is 6. The SMILES string of the molecule is CCCOc1c(C)cc(-c2ccc3c(c2)OCC(C)(C)C3NC(=O)O[C@H]2CN3CCC2CC3)cc1C. The number of hydrogen-bond donors (Lipinski definition) is 1. The first kappa shape index (κ1) is 24.9. The first-order valence-electron chi connectivity index (χ1n) is 13.5. The van der Waals surface area contributed by atoms with E-state index in [1.807, 2.05) is 0 Å². The molecule has 4 heterocycles. The number of nitrogens with one attached hydrogen (secondary N) is 1. The Labute approximate surface area is 215 Å². The van der Waals surface area contributed by atoms with Crippen molar-refractivity contribution in [2.24, 2.45) is 11.3 Å². The minimum absolute atomic E-state index is 0.00643. The zero-order valence-corrected chi connectivity index (χ0v) is 22.4. The van der Waals surface area contributed by atoms with Gasteiger partial charge < -0.3 is 19.5 Å². The molecule has 0 aromatic heterocycles. The number of fused-ring (bicyclic) bond motifs is 4. The van der Waals surface area contributed by atoms with E-state index >= 15 is 0 Å². The molecule has 0 saturated carbocycles. The summed E-state index contributed by atoms with van der Waals surface area (Å²) < 4.78 is 18.1. The normalized spacial score (nSPS) is 26.0. The predicted octanol–water partition coefficient (Wildman–Crippen LogP) is 6.04. The topological polar surface area (TPSA) is 60.0 Å². The summed E-state index contributed by atoms with van der Waals surface area (Å²) in [6.07, 6.45) is 2.90. The standard InChI is InChI=1S/C30H40N2O4/c1-6-13-34-27-19(2)14-23(15-20(27)3)22-7-8-24-25(16-22)35-18-30(4,5)28(24)31-29(33)36-26-17-32-11-9-21(26)10-12-32/h7-8,14-16,21,26,28H,6,9-13,17-18H2,1-5H3,(H,31,33)/t26-,28?/m0/s1. The van der Waals surface area contributed by atoms with Crippen LogP contribution >= 0.6 is 0 Å². The number of carbonyl (C=O) groups is 1. The molecule has 6 heteroatoms. The van der Waals surface area contributed by atoms with Gasteiger partial charge in [0, 0.05) is 17.5 Å². The van der Waals surface area contributed by atoms with Crippen LogP contribution in [0.5, 0.6) is 11.5 Å². The lowest BCUT2D eigenvalue weighted by molar-refractivity contribution is -0.0361. The lowest BCUT2D eigenvalue weighted by Crippen LogP contribution is -2.53. The predicted molar refractivity (Wildman–Crippen MR) is 142 cm³/mol. The van der Waals surface area contributed by atoms with Gasteiger partial charge in [-0.25, -0.2) is 4.79 Å². The highest BCUT2D eigenvalue weighted by Crippen LogP contribution is 2.44. The molecule has 1 N–H and O–H groups in total. The molecule has 0 aliphatic carbocycles. The molecule has 4 aliphatic heterocycles. The largest absolute Gasteiger partial charge is 0.493 e. The average molecular weight is 493 g/mol. The smallest absolute Gasteiger partial charge is 0.407 e. The van der Waals surface area contributed by atoms with Crippen LogP contribution in [0.15, 0.2) is 30.3 Å². The molecular weight excluding hydrogens is 452 g/mol. The summed E-state index contributed by atoms with van der Waals surface area (Å²) in [5.74, 6) is 2.29. The number of nitrogens with zero attached hydrogens (tertiary/aromatic N) is 1. The fourth-order valence-electron chi connectivity index (χ4n) is 6.00. The fourth-order valence-corrected chi connectivity index (χ4v) is 6.00. The maximum atomic E-state index is 13.0. The third-order valence-electron chi connectivity index (χ3n) is 8.07. The Morgan fingerprint density at radius 3 is 2.47 bits per heavy atom. The molecule has 0 spiro atoms. The van der Waals surface area contributed by atoms with Gasteiger partial charge in [0.1, 0.15) is 17.6 Å². The molecule has 36 heavy (non-hydrogen) atoms. The highest BCUT2D eigenvalue weighted by atomic mass is 16.6. The van der Waals surface area contributed by atoms with Gasteiger partial charge in [-0.2, -0.15) is 0 Å². The molecule has 3 fully saturated rings. The fraction of sp³-hybridized carbons (Fsp3) is 0.567. The number of carbonyl (C=O) groups excluding carboxylic acids is 1. The summed E-state index contributed by atoms with van der Waals surface area (Å²) >= 11 is 0. The Morgan fingerprint density at radius 1 is 1.11 bits per heavy atom. The van der Waals surface area contributed by atoms with Gasteiger partial charge in [-0.05, 0) is 92.6 Å². The van der Waals surface area contributed by atoms with Crippen LogP contribution in [0, 0.1) is 25.2 Å². The van der Waals surface area contributed by atoms with Crippen LogP contribution in [0.4, 0.5) is 4.79 Å². The molecule has 6 rings (SSSR count). The Hall–Kier alpha value is -2.73. The van der Waals surface area contributed by atoms with Gasteiger partial charge in [-0.15, -0.1) is 0 Å². The van der Waals surface area contributed by atoms with Crippen molar-refractivity contribution in [2.75, 3.05) is 32.8 Å². The van der Waals surface area contributed by atoms with Crippen molar-refractivity contribution >= 4 is 6.09 Å². The van der Waals surface area contributed by atoms with Crippen LogP contribution < -0.4 is 14.8 Å². The molecule has 2 aromatic carbocycles. The van der Waals surface area contributed by atoms with Crippen molar-refractivity contribution in [2.45, 2.75) is 66.0 Å². The van der Waals surface area contributed by atoms with E-state index < -0.39 is 0 Å². The number of alkyl carbamates (subject to hydrolysis) is 1. The van der Waals surface area contributed by atoms with E-state index in [9.17, 15) is 4.79 Å². The van der Waals surface area contributed by atoms with Crippen molar-refractivity contribution in [3.8, 4) is 22.6 Å². The second kappa shape index (κ2) is 9.97. The molecule has 2 atom stereocenters. The Morgan fingerprint density at radius 2 is 1.83 bits per heavy atom. The second-order valence-corrected chi connectivity index (χ2v) is 11.5. The third kappa shape index (κ3) is 4.93. The van der Waals surface area contributed by atoms with Crippen LogP contribution in [0.3, 0.4) is 0 Å². The zero-order valence-electron chi connectivity index (χ0n) is 22.4. The quantitative estimate of drug-likeness (QED) is 0.533. The van der Waals surface area contributed by atoms with Crippen LogP contribution in [0.25, 0.3) is 11.1 Å². The van der Waals surface area contributed by atoms with Gasteiger partial charge >= 0.3 is 6.09 Å². The number of ether oxygens (including phenoxy) is 3. The van der Waals surface area contributed by atoms with Gasteiger partial charge in [0.2, 0.25) is 0 Å². The number of benzene rings is 2. The molecule has 6 nitrogen and oxygen atoms in total. The first-order chi connectivity index (χ1) is 17.2. The summed E-state index contributed by atoms with van der Waals surface area (Å²) in [6.45, 7) is 14.9. The molecule has 0 radical (unpaired) electrons. The van der Waals surface area contributed by atoms with E-state index in [0.717, 1.165) is 84.8 Å². The maximum absolute atomic E-state index is 13.0. The van der Waals surface area contributed by atoms with Gasteiger partial charge in [-0.3, -0.25) is 4.90 Å². The van der Waals surface area contributed by atoms with Crippen molar-refractivity contribution in [1.29, 1.82) is 0 Å². The van der Waals surface area contributed by atoms with E-state index in [2.05, 4.69) is 75.2 Å². The molecular formula is C30H40N2O4. The Kier molecular flexibility index (Phi) is 6.90. The number of hydrogen-bond acceptors (Lipinski definition) is 5. The molecule has 3 saturated heterocycles. The first-order valence-corrected chi connectivity index (χ1v) is 13.5. The maximum Gasteiger partial charge on any atom is 0.407 e. The van der Waals surface area contributed by atoms with Gasteiger partial charge in [0.25, 0.3) is 0 Å². The summed E-state index contributed by atoms with van der Waals surface area (Å²) in [7, 11) is 0. The highest BCUT2D eigenvalue weighted by molar-refractivity contribution is 5.71. The van der Waals surface area contributed by atoms with Gasteiger partial charge in [0.15, 0.2) is 0 Å². The molecule has 2 aromatic rings. The van der Waals surface area contributed by atoms with Crippen LogP contribution in [-0.2, 0) is 4.74 Å². The second-order valence-electron chi connectivity index (χ2n) is 11.5. The Bertz CT molecular complexity index is 1100. The van der Waals surface area contributed by atoms with Gasteiger partial charge in [-0.1, -0.05) is 32.9 Å². The Balaban J connectivity index is 1.35. The van der Waals surface area contributed by atoms with E-state index in [0.29, 0.717) is 12.5 Å². The lowest BCUT2D eigenvalue weighted by atomic mass is 9.78.